The molecule has 1 aliphatic heterocycles. The summed E-state index contributed by atoms with van der Waals surface area (Å²) in [7, 11) is 2.23. The van der Waals surface area contributed by atoms with E-state index in [0.717, 1.165) is 24.3 Å². The van der Waals surface area contributed by atoms with Crippen LogP contribution >= 0.6 is 21.0 Å². The van der Waals surface area contributed by atoms with Crippen LogP contribution in [0, 0.1) is 29.1 Å². The molecule has 29 heavy (non-hydrogen) atoms. The SMILES string of the molecule is C=C(OC(C)(C)C)C(C1CCSC1)C(CC(C)C)C(=O)NC(C(=O)P)C(C)(C)C. The Kier molecular flexibility index (Phi) is 9.74. The van der Waals surface area contributed by atoms with Crippen molar-refractivity contribution in [3.8, 4) is 0 Å². The zero-order valence-electron chi connectivity index (χ0n) is 19.6. The van der Waals surface area contributed by atoms with Crippen LogP contribution in [0.15, 0.2) is 12.3 Å². The van der Waals surface area contributed by atoms with Gasteiger partial charge in [0, 0.05) is 11.8 Å². The molecule has 0 saturated carbocycles. The number of nitrogens with one attached hydrogen (secondary N) is 1. The number of hydrogen-bond donors (Lipinski definition) is 1. The summed E-state index contributed by atoms with van der Waals surface area (Å²) >= 11 is 1.93. The van der Waals surface area contributed by atoms with Crippen molar-refractivity contribution in [2.45, 2.75) is 79.9 Å². The van der Waals surface area contributed by atoms with Crippen molar-refractivity contribution >= 4 is 32.4 Å². The molecule has 6 heteroatoms. The molecule has 5 atom stereocenters. The zero-order chi connectivity index (χ0) is 22.6. The summed E-state index contributed by atoms with van der Waals surface area (Å²) in [6.45, 7) is 20.5. The molecule has 1 aliphatic rings. The number of amides is 1. The maximum atomic E-state index is 13.5. The number of ether oxygens (including phenoxy) is 1. The van der Waals surface area contributed by atoms with E-state index in [0.29, 0.717) is 17.6 Å². The van der Waals surface area contributed by atoms with Gasteiger partial charge in [-0.3, -0.25) is 9.59 Å². The van der Waals surface area contributed by atoms with E-state index < -0.39 is 6.04 Å². The van der Waals surface area contributed by atoms with Crippen LogP contribution in [0.1, 0.15) is 68.2 Å². The number of hydrogen-bond acceptors (Lipinski definition) is 4. The third-order valence-electron chi connectivity index (χ3n) is 5.21. The Morgan fingerprint density at radius 1 is 1.21 bits per heavy atom. The normalized spacial score (nSPS) is 20.8. The van der Waals surface area contributed by atoms with Gasteiger partial charge in [0.25, 0.3) is 0 Å². The van der Waals surface area contributed by atoms with E-state index in [2.05, 4.69) is 35.0 Å². The molecule has 0 aliphatic carbocycles. The van der Waals surface area contributed by atoms with Gasteiger partial charge >= 0.3 is 0 Å². The third-order valence-corrected chi connectivity index (χ3v) is 6.74. The molecular weight excluding hydrogens is 401 g/mol. The van der Waals surface area contributed by atoms with E-state index in [1.54, 1.807) is 0 Å². The number of allylic oxidation sites excluding steroid dienone is 1. The van der Waals surface area contributed by atoms with Crippen molar-refractivity contribution in [1.82, 2.24) is 5.32 Å². The van der Waals surface area contributed by atoms with E-state index >= 15 is 0 Å². The van der Waals surface area contributed by atoms with E-state index in [4.69, 9.17) is 4.74 Å². The quantitative estimate of drug-likeness (QED) is 0.389. The maximum absolute atomic E-state index is 13.5. The lowest BCUT2D eigenvalue weighted by molar-refractivity contribution is -0.132. The summed E-state index contributed by atoms with van der Waals surface area (Å²) in [6.07, 6.45) is 1.81. The minimum atomic E-state index is -0.537. The first kappa shape index (κ1) is 26.5. The molecule has 1 fully saturated rings. The van der Waals surface area contributed by atoms with Gasteiger partial charge in [0.15, 0.2) is 5.52 Å². The third kappa shape index (κ3) is 8.61. The fraction of sp³-hybridized carbons (Fsp3) is 0.826. The van der Waals surface area contributed by atoms with Gasteiger partial charge in [-0.25, -0.2) is 0 Å². The standard InChI is InChI=1S/C23H42NO3PS/c1-14(2)12-17(20(25)24-19(21(26)28)22(4,5)6)18(16-10-11-29-13-16)15(3)27-23(7,8)9/h14,16-19H,3,10-13,28H2,1-2,4-9H3,(H,24,25). The molecule has 0 aromatic carbocycles. The number of carbonyl (C=O) groups is 2. The molecule has 5 unspecified atom stereocenters. The van der Waals surface area contributed by atoms with E-state index in [1.807, 2.05) is 53.3 Å². The first-order valence-electron chi connectivity index (χ1n) is 10.7. The Bertz CT molecular complexity index is 586. The molecule has 0 bridgehead atoms. The predicted molar refractivity (Wildman–Crippen MR) is 128 cm³/mol. The lowest BCUT2D eigenvalue weighted by Crippen LogP contribution is -2.51. The molecule has 1 N–H and O–H groups in total. The fourth-order valence-corrected chi connectivity index (χ4v) is 5.90. The molecule has 4 nitrogen and oxygen atoms in total. The van der Waals surface area contributed by atoms with Crippen molar-refractivity contribution < 1.29 is 14.3 Å². The summed E-state index contributed by atoms with van der Waals surface area (Å²) < 4.78 is 6.19. The van der Waals surface area contributed by atoms with Gasteiger partial charge in [-0.2, -0.15) is 11.8 Å². The molecule has 1 saturated heterocycles. The molecular formula is C23H42NO3PS. The van der Waals surface area contributed by atoms with Gasteiger partial charge in [0.2, 0.25) is 5.91 Å². The van der Waals surface area contributed by atoms with Gasteiger partial charge in [-0.1, -0.05) is 50.4 Å². The van der Waals surface area contributed by atoms with E-state index in [9.17, 15) is 9.59 Å². The summed E-state index contributed by atoms with van der Waals surface area (Å²) in [5, 5.41) is 3.07. The highest BCUT2D eigenvalue weighted by atomic mass is 32.2. The topological polar surface area (TPSA) is 55.4 Å². The van der Waals surface area contributed by atoms with Crippen LogP contribution in [-0.2, 0) is 14.3 Å². The van der Waals surface area contributed by atoms with Gasteiger partial charge in [0.1, 0.15) is 5.60 Å². The fourth-order valence-electron chi connectivity index (χ4n) is 4.00. The molecule has 168 valence electrons. The lowest BCUT2D eigenvalue weighted by Gasteiger charge is -2.37. The highest BCUT2D eigenvalue weighted by Gasteiger charge is 2.41. The van der Waals surface area contributed by atoms with Crippen molar-refractivity contribution in [3.63, 3.8) is 0 Å². The van der Waals surface area contributed by atoms with Crippen LogP contribution in [0.3, 0.4) is 0 Å². The van der Waals surface area contributed by atoms with Crippen LogP contribution in [0.4, 0.5) is 0 Å². The Hall–Kier alpha value is -0.540. The minimum absolute atomic E-state index is 0.0492. The number of carbonyl (C=O) groups excluding carboxylic acids is 2. The summed E-state index contributed by atoms with van der Waals surface area (Å²) in [5.74, 6) is 3.17. The largest absolute Gasteiger partial charge is 0.493 e. The molecule has 1 amide bonds. The van der Waals surface area contributed by atoms with Crippen LogP contribution in [-0.4, -0.2) is 34.6 Å². The van der Waals surface area contributed by atoms with Gasteiger partial charge in [-0.05, 0) is 62.4 Å². The van der Waals surface area contributed by atoms with Crippen LogP contribution in [0.5, 0.6) is 0 Å². The minimum Gasteiger partial charge on any atom is -0.493 e. The molecule has 0 spiro atoms. The molecule has 1 rings (SSSR count). The Morgan fingerprint density at radius 2 is 1.79 bits per heavy atom. The number of rotatable bonds is 9. The average Bonchev–Trinajstić information content (AvgIpc) is 3.02. The van der Waals surface area contributed by atoms with Crippen LogP contribution in [0.2, 0.25) is 0 Å². The maximum Gasteiger partial charge on any atom is 0.224 e. The monoisotopic (exact) mass is 443 g/mol. The molecule has 1 heterocycles. The second-order valence-corrected chi connectivity index (χ2v) is 12.5. The highest BCUT2D eigenvalue weighted by Crippen LogP contribution is 2.41. The van der Waals surface area contributed by atoms with Gasteiger partial charge < -0.3 is 10.1 Å². The summed E-state index contributed by atoms with van der Waals surface area (Å²) in [4.78, 5) is 25.8. The van der Waals surface area contributed by atoms with Crippen molar-refractivity contribution in [2.75, 3.05) is 11.5 Å². The van der Waals surface area contributed by atoms with Gasteiger partial charge in [-0.15, -0.1) is 0 Å². The smallest absolute Gasteiger partial charge is 0.224 e. The van der Waals surface area contributed by atoms with Crippen molar-refractivity contribution in [2.24, 2.45) is 29.1 Å². The Morgan fingerprint density at radius 3 is 2.17 bits per heavy atom. The number of thioether (sulfide) groups is 1. The zero-order valence-corrected chi connectivity index (χ0v) is 21.6. The van der Waals surface area contributed by atoms with Crippen molar-refractivity contribution in [1.29, 1.82) is 0 Å². The second-order valence-electron chi connectivity index (χ2n) is 10.8. The molecule has 0 aromatic rings. The average molecular weight is 444 g/mol. The van der Waals surface area contributed by atoms with Crippen LogP contribution in [0.25, 0.3) is 0 Å². The molecule has 0 radical (unpaired) electrons. The second kappa shape index (κ2) is 10.7. The summed E-state index contributed by atoms with van der Waals surface area (Å²) in [5.41, 5.74) is -0.801. The Balaban J connectivity index is 3.24. The first-order chi connectivity index (χ1) is 13.1. The highest BCUT2D eigenvalue weighted by molar-refractivity contribution is 7.99. The summed E-state index contributed by atoms with van der Waals surface area (Å²) in [6, 6.07) is -0.537. The Labute approximate surface area is 185 Å². The van der Waals surface area contributed by atoms with Gasteiger partial charge in [0.05, 0.1) is 11.8 Å². The lowest BCUT2D eigenvalue weighted by atomic mass is 9.75. The van der Waals surface area contributed by atoms with E-state index in [-0.39, 0.29) is 34.3 Å². The van der Waals surface area contributed by atoms with E-state index in [1.165, 1.54) is 0 Å². The molecule has 0 aromatic heterocycles. The first-order valence-corrected chi connectivity index (χ1v) is 12.4. The predicted octanol–water partition coefficient (Wildman–Crippen LogP) is 5.28. The van der Waals surface area contributed by atoms with Crippen molar-refractivity contribution in [3.05, 3.63) is 12.3 Å². The van der Waals surface area contributed by atoms with Crippen LogP contribution < -0.4 is 5.32 Å².